The van der Waals surface area contributed by atoms with Gasteiger partial charge in [0, 0.05) is 5.56 Å². The van der Waals surface area contributed by atoms with E-state index >= 15 is 0 Å². The summed E-state index contributed by atoms with van der Waals surface area (Å²) < 4.78 is 19.0. The summed E-state index contributed by atoms with van der Waals surface area (Å²) in [6.07, 6.45) is 0.359. The second-order valence-corrected chi connectivity index (χ2v) is 4.91. The number of halogens is 1. The van der Waals surface area contributed by atoms with Gasteiger partial charge in [0.25, 0.3) is 0 Å². The van der Waals surface area contributed by atoms with Crippen molar-refractivity contribution in [2.24, 2.45) is 0 Å². The molecule has 0 saturated heterocycles. The molecule has 2 aromatic rings. The van der Waals surface area contributed by atoms with E-state index in [1.807, 2.05) is 25.1 Å². The Morgan fingerprint density at radius 2 is 1.95 bits per heavy atom. The van der Waals surface area contributed by atoms with Gasteiger partial charge in [-0.1, -0.05) is 42.0 Å². The van der Waals surface area contributed by atoms with Crippen LogP contribution in [0, 0.1) is 12.7 Å². The largest absolute Gasteiger partial charge is 0.494 e. The summed E-state index contributed by atoms with van der Waals surface area (Å²) in [5.74, 6) is -0.316. The quantitative estimate of drug-likeness (QED) is 0.898. The molecule has 106 valence electrons. The minimum Gasteiger partial charge on any atom is -0.494 e. The van der Waals surface area contributed by atoms with Crippen molar-refractivity contribution in [3.05, 3.63) is 65.0 Å². The van der Waals surface area contributed by atoms with E-state index in [2.05, 4.69) is 6.07 Å². The predicted molar refractivity (Wildman–Crippen MR) is 77.4 cm³/mol. The van der Waals surface area contributed by atoms with Crippen molar-refractivity contribution in [2.75, 3.05) is 7.11 Å². The molecule has 0 aliphatic heterocycles. The van der Waals surface area contributed by atoms with Gasteiger partial charge in [-0.3, -0.25) is 0 Å². The van der Waals surface area contributed by atoms with E-state index in [1.54, 1.807) is 18.2 Å². The van der Waals surface area contributed by atoms with Gasteiger partial charge >= 0.3 is 0 Å². The number of aryl methyl sites for hydroxylation is 2. The Balaban J connectivity index is 2.07. The summed E-state index contributed by atoms with van der Waals surface area (Å²) in [7, 11) is 1.42. The molecular formula is C17H19FO2. The van der Waals surface area contributed by atoms with E-state index in [0.29, 0.717) is 12.8 Å². The molecule has 2 rings (SSSR count). The minimum atomic E-state index is -0.828. The molecule has 0 fully saturated rings. The molecule has 0 spiro atoms. The summed E-state index contributed by atoms with van der Waals surface area (Å²) in [6.45, 7) is 2.03. The van der Waals surface area contributed by atoms with Crippen molar-refractivity contribution in [1.29, 1.82) is 0 Å². The van der Waals surface area contributed by atoms with Gasteiger partial charge in [-0.05, 0) is 31.4 Å². The van der Waals surface area contributed by atoms with Crippen molar-refractivity contribution in [2.45, 2.75) is 25.9 Å². The first kappa shape index (κ1) is 14.5. The van der Waals surface area contributed by atoms with Crippen molar-refractivity contribution in [3.63, 3.8) is 0 Å². The van der Waals surface area contributed by atoms with Gasteiger partial charge in [-0.15, -0.1) is 0 Å². The van der Waals surface area contributed by atoms with Crippen LogP contribution in [0.3, 0.4) is 0 Å². The van der Waals surface area contributed by atoms with Gasteiger partial charge in [-0.25, -0.2) is 4.39 Å². The van der Waals surface area contributed by atoms with Crippen LogP contribution < -0.4 is 4.74 Å². The standard InChI is InChI=1S/C17H19FO2/c1-12-5-3-6-13(11-12)9-10-15(19)14-7-4-8-16(20-2)17(14)18/h3-8,11,15,19H,9-10H2,1-2H3. The number of hydrogen-bond acceptors (Lipinski definition) is 2. The number of rotatable bonds is 5. The van der Waals surface area contributed by atoms with Crippen LogP contribution in [-0.2, 0) is 6.42 Å². The Morgan fingerprint density at radius 1 is 1.20 bits per heavy atom. The number of benzene rings is 2. The maximum Gasteiger partial charge on any atom is 0.170 e. The lowest BCUT2D eigenvalue weighted by Gasteiger charge is -2.14. The molecule has 1 atom stereocenters. The normalized spacial score (nSPS) is 12.2. The molecule has 0 saturated carbocycles. The van der Waals surface area contributed by atoms with Gasteiger partial charge in [-0.2, -0.15) is 0 Å². The van der Waals surface area contributed by atoms with Gasteiger partial charge in [0.15, 0.2) is 11.6 Å². The Kier molecular flexibility index (Phi) is 4.74. The maximum absolute atomic E-state index is 14.0. The molecule has 0 heterocycles. The van der Waals surface area contributed by atoms with E-state index in [0.717, 1.165) is 5.56 Å². The summed E-state index contributed by atoms with van der Waals surface area (Å²) in [5.41, 5.74) is 2.62. The van der Waals surface area contributed by atoms with E-state index in [-0.39, 0.29) is 11.3 Å². The molecule has 0 aliphatic rings. The highest BCUT2D eigenvalue weighted by Gasteiger charge is 2.16. The smallest absolute Gasteiger partial charge is 0.170 e. The van der Waals surface area contributed by atoms with Crippen molar-refractivity contribution >= 4 is 0 Å². The highest BCUT2D eigenvalue weighted by atomic mass is 19.1. The van der Waals surface area contributed by atoms with Gasteiger partial charge in [0.2, 0.25) is 0 Å². The van der Waals surface area contributed by atoms with Crippen LogP contribution in [0.15, 0.2) is 42.5 Å². The zero-order valence-corrected chi connectivity index (χ0v) is 11.8. The summed E-state index contributed by atoms with van der Waals surface area (Å²) in [4.78, 5) is 0. The third kappa shape index (κ3) is 3.36. The molecular weight excluding hydrogens is 255 g/mol. The van der Waals surface area contributed by atoms with Gasteiger partial charge in [0.1, 0.15) is 0 Å². The van der Waals surface area contributed by atoms with Crippen LogP contribution >= 0.6 is 0 Å². The van der Waals surface area contributed by atoms with Crippen LogP contribution in [-0.4, -0.2) is 12.2 Å². The Labute approximate surface area is 118 Å². The number of methoxy groups -OCH3 is 1. The van der Waals surface area contributed by atoms with Crippen molar-refractivity contribution in [3.8, 4) is 5.75 Å². The molecule has 1 unspecified atom stereocenters. The molecule has 3 heteroatoms. The molecule has 0 radical (unpaired) electrons. The predicted octanol–water partition coefficient (Wildman–Crippen LogP) is 3.81. The summed E-state index contributed by atoms with van der Waals surface area (Å²) >= 11 is 0. The first-order chi connectivity index (χ1) is 9.61. The fourth-order valence-corrected chi connectivity index (χ4v) is 2.27. The van der Waals surface area contributed by atoms with Crippen molar-refractivity contribution in [1.82, 2.24) is 0 Å². The second-order valence-electron chi connectivity index (χ2n) is 4.91. The molecule has 0 aromatic heterocycles. The Hall–Kier alpha value is -1.87. The third-order valence-electron chi connectivity index (χ3n) is 3.36. The molecule has 0 bridgehead atoms. The van der Waals surface area contributed by atoms with Gasteiger partial charge in [0.05, 0.1) is 13.2 Å². The zero-order valence-electron chi connectivity index (χ0n) is 11.8. The Bertz CT molecular complexity index is 581. The van der Waals surface area contributed by atoms with E-state index in [9.17, 15) is 9.50 Å². The van der Waals surface area contributed by atoms with Crippen LogP contribution in [0.5, 0.6) is 5.75 Å². The lowest BCUT2D eigenvalue weighted by molar-refractivity contribution is 0.162. The first-order valence-corrected chi connectivity index (χ1v) is 6.68. The fraction of sp³-hybridized carbons (Fsp3) is 0.294. The maximum atomic E-state index is 14.0. The van der Waals surface area contributed by atoms with Crippen LogP contribution in [0.25, 0.3) is 0 Å². The van der Waals surface area contributed by atoms with Crippen molar-refractivity contribution < 1.29 is 14.2 Å². The number of aliphatic hydroxyl groups excluding tert-OH is 1. The number of ether oxygens (including phenoxy) is 1. The molecule has 1 N–H and O–H groups in total. The SMILES string of the molecule is COc1cccc(C(O)CCc2cccc(C)c2)c1F. The highest BCUT2D eigenvalue weighted by molar-refractivity contribution is 5.32. The lowest BCUT2D eigenvalue weighted by Crippen LogP contribution is -2.04. The topological polar surface area (TPSA) is 29.5 Å². The molecule has 2 aromatic carbocycles. The van der Waals surface area contributed by atoms with E-state index in [1.165, 1.54) is 12.7 Å². The van der Waals surface area contributed by atoms with E-state index in [4.69, 9.17) is 4.74 Å². The zero-order chi connectivity index (χ0) is 14.5. The Morgan fingerprint density at radius 3 is 2.65 bits per heavy atom. The van der Waals surface area contributed by atoms with Crippen LogP contribution in [0.1, 0.15) is 29.2 Å². The monoisotopic (exact) mass is 274 g/mol. The van der Waals surface area contributed by atoms with Gasteiger partial charge < -0.3 is 9.84 Å². The highest BCUT2D eigenvalue weighted by Crippen LogP contribution is 2.27. The molecule has 0 amide bonds. The second kappa shape index (κ2) is 6.53. The average molecular weight is 274 g/mol. The molecule has 20 heavy (non-hydrogen) atoms. The molecule has 0 aliphatic carbocycles. The van der Waals surface area contributed by atoms with Crippen LogP contribution in [0.2, 0.25) is 0 Å². The molecule has 2 nitrogen and oxygen atoms in total. The van der Waals surface area contributed by atoms with Crippen LogP contribution in [0.4, 0.5) is 4.39 Å². The first-order valence-electron chi connectivity index (χ1n) is 6.68. The fourth-order valence-electron chi connectivity index (χ4n) is 2.27. The number of aliphatic hydroxyl groups is 1. The minimum absolute atomic E-state index is 0.164. The third-order valence-corrected chi connectivity index (χ3v) is 3.36. The number of hydrogen-bond donors (Lipinski definition) is 1. The lowest BCUT2D eigenvalue weighted by atomic mass is 10.00. The van der Waals surface area contributed by atoms with E-state index < -0.39 is 11.9 Å². The summed E-state index contributed by atoms with van der Waals surface area (Å²) in [6, 6.07) is 12.9. The average Bonchev–Trinajstić information content (AvgIpc) is 2.45. The summed E-state index contributed by atoms with van der Waals surface area (Å²) in [5, 5.41) is 10.2.